The van der Waals surface area contributed by atoms with E-state index < -0.39 is 17.7 Å². The highest BCUT2D eigenvalue weighted by Gasteiger charge is 2.45. The molecule has 182 valence electrons. The van der Waals surface area contributed by atoms with Gasteiger partial charge in [0.2, 0.25) is 0 Å². The number of nitrogens with zero attached hydrogens (tertiary/aromatic N) is 2. The van der Waals surface area contributed by atoms with E-state index in [2.05, 4.69) is 0 Å². The smallest absolute Gasteiger partial charge is 0.295 e. The van der Waals surface area contributed by atoms with E-state index >= 15 is 0 Å². The van der Waals surface area contributed by atoms with Crippen molar-refractivity contribution in [3.8, 4) is 11.5 Å². The summed E-state index contributed by atoms with van der Waals surface area (Å²) in [6.45, 7) is 7.45. The van der Waals surface area contributed by atoms with Gasteiger partial charge in [0.05, 0.1) is 24.3 Å². The Labute approximate surface area is 201 Å². The average molecular weight is 467 g/mol. The molecular weight excluding hydrogens is 432 g/mol. The van der Waals surface area contributed by atoms with E-state index in [1.54, 1.807) is 24.3 Å². The Kier molecular flexibility index (Phi) is 8.34. The highest BCUT2D eigenvalue weighted by molar-refractivity contribution is 6.46. The molecule has 1 atom stereocenters. The van der Waals surface area contributed by atoms with E-state index in [1.165, 1.54) is 4.90 Å². The van der Waals surface area contributed by atoms with Gasteiger partial charge in [0.25, 0.3) is 11.7 Å². The molecule has 1 aliphatic heterocycles. The number of hydrogen-bond donors (Lipinski definition) is 1. The Morgan fingerprint density at radius 1 is 1.03 bits per heavy atom. The number of likely N-dealkylation sites (tertiary alicyclic amines) is 1. The van der Waals surface area contributed by atoms with E-state index in [-0.39, 0.29) is 17.4 Å². The Balaban J connectivity index is 2.03. The van der Waals surface area contributed by atoms with Gasteiger partial charge in [0, 0.05) is 18.7 Å². The largest absolute Gasteiger partial charge is 0.507 e. The second kappa shape index (κ2) is 11.2. The van der Waals surface area contributed by atoms with Crippen LogP contribution in [0.2, 0.25) is 0 Å². The number of Topliss-reactive ketones (excluding diaryl/α,β-unsaturated/α-hetero) is 1. The van der Waals surface area contributed by atoms with Gasteiger partial charge in [0.15, 0.2) is 0 Å². The lowest BCUT2D eigenvalue weighted by molar-refractivity contribution is -0.140. The van der Waals surface area contributed by atoms with E-state index in [1.807, 2.05) is 64.0 Å². The Morgan fingerprint density at radius 3 is 2.21 bits per heavy atom. The van der Waals surface area contributed by atoms with Crippen LogP contribution >= 0.6 is 0 Å². The summed E-state index contributed by atoms with van der Waals surface area (Å²) < 4.78 is 11.3. The molecule has 2 aromatic carbocycles. The van der Waals surface area contributed by atoms with E-state index in [0.717, 1.165) is 17.7 Å². The summed E-state index contributed by atoms with van der Waals surface area (Å²) in [7, 11) is 3.82. The van der Waals surface area contributed by atoms with Gasteiger partial charge in [-0.25, -0.2) is 0 Å². The number of likely N-dealkylation sites (N-methyl/N-ethyl adjacent to an activating group) is 1. The summed E-state index contributed by atoms with van der Waals surface area (Å²) >= 11 is 0. The van der Waals surface area contributed by atoms with Crippen LogP contribution in [-0.2, 0) is 9.59 Å². The monoisotopic (exact) mass is 466 g/mol. The highest BCUT2D eigenvalue weighted by Crippen LogP contribution is 2.39. The minimum atomic E-state index is -0.688. The molecular formula is C27H34N2O5. The van der Waals surface area contributed by atoms with Crippen molar-refractivity contribution in [2.75, 3.05) is 33.8 Å². The summed E-state index contributed by atoms with van der Waals surface area (Å²) in [5.41, 5.74) is 1.28. The van der Waals surface area contributed by atoms with E-state index in [9.17, 15) is 14.7 Å². The van der Waals surface area contributed by atoms with Gasteiger partial charge in [-0.3, -0.25) is 9.59 Å². The number of amides is 1. The van der Waals surface area contributed by atoms with Crippen LogP contribution in [0.1, 0.15) is 44.4 Å². The van der Waals surface area contributed by atoms with Crippen molar-refractivity contribution in [3.63, 3.8) is 0 Å². The minimum absolute atomic E-state index is 0.0192. The maximum atomic E-state index is 13.1. The third-order valence-corrected chi connectivity index (χ3v) is 5.50. The van der Waals surface area contributed by atoms with Crippen LogP contribution in [0.15, 0.2) is 54.1 Å². The fourth-order valence-corrected chi connectivity index (χ4v) is 3.85. The third-order valence-electron chi connectivity index (χ3n) is 5.50. The average Bonchev–Trinajstić information content (AvgIpc) is 3.06. The summed E-state index contributed by atoms with van der Waals surface area (Å²) in [4.78, 5) is 29.6. The van der Waals surface area contributed by atoms with Crippen molar-refractivity contribution in [2.45, 2.75) is 39.3 Å². The normalized spacial score (nSPS) is 17.6. The maximum absolute atomic E-state index is 13.1. The molecule has 0 saturated carbocycles. The zero-order chi connectivity index (χ0) is 24.8. The minimum Gasteiger partial charge on any atom is -0.507 e. The molecule has 0 aliphatic carbocycles. The van der Waals surface area contributed by atoms with Gasteiger partial charge in [-0.1, -0.05) is 19.1 Å². The fraction of sp³-hybridized carbons (Fsp3) is 0.407. The lowest BCUT2D eigenvalue weighted by atomic mass is 9.95. The van der Waals surface area contributed by atoms with Crippen molar-refractivity contribution in [1.82, 2.24) is 9.80 Å². The Hall–Kier alpha value is -3.32. The maximum Gasteiger partial charge on any atom is 0.295 e. The molecule has 2 aromatic rings. The van der Waals surface area contributed by atoms with Crippen LogP contribution in [0, 0.1) is 0 Å². The predicted molar refractivity (Wildman–Crippen MR) is 132 cm³/mol. The number of carbonyl (C=O) groups is 2. The SMILES string of the molecule is CCCOc1ccc(C2C(=C(O)c3ccc(OC(C)C)cc3)C(=O)C(=O)N2CCN(C)C)cc1. The second-order valence-corrected chi connectivity index (χ2v) is 8.90. The topological polar surface area (TPSA) is 79.3 Å². The molecule has 1 fully saturated rings. The van der Waals surface area contributed by atoms with Gasteiger partial charge in [-0.05, 0) is 76.3 Å². The van der Waals surface area contributed by atoms with Gasteiger partial charge in [-0.15, -0.1) is 0 Å². The quantitative estimate of drug-likeness (QED) is 0.320. The molecule has 0 bridgehead atoms. The van der Waals surface area contributed by atoms with Crippen LogP contribution in [0.5, 0.6) is 11.5 Å². The van der Waals surface area contributed by atoms with Crippen LogP contribution < -0.4 is 9.47 Å². The number of ether oxygens (including phenoxy) is 2. The van der Waals surface area contributed by atoms with Crippen molar-refractivity contribution >= 4 is 17.4 Å². The summed E-state index contributed by atoms with van der Waals surface area (Å²) in [6, 6.07) is 13.5. The van der Waals surface area contributed by atoms with Crippen LogP contribution in [0.3, 0.4) is 0 Å². The second-order valence-electron chi connectivity index (χ2n) is 8.90. The Morgan fingerprint density at radius 2 is 1.65 bits per heavy atom. The van der Waals surface area contributed by atoms with Crippen LogP contribution in [-0.4, -0.2) is 66.5 Å². The van der Waals surface area contributed by atoms with Gasteiger partial charge >= 0.3 is 0 Å². The van der Waals surface area contributed by atoms with Crippen LogP contribution in [0.4, 0.5) is 0 Å². The summed E-state index contributed by atoms with van der Waals surface area (Å²) in [5, 5.41) is 11.2. The number of ketones is 1. The van der Waals surface area contributed by atoms with Gasteiger partial charge in [-0.2, -0.15) is 0 Å². The molecule has 1 saturated heterocycles. The van der Waals surface area contributed by atoms with Crippen molar-refractivity contribution < 1.29 is 24.2 Å². The molecule has 3 rings (SSSR count). The zero-order valence-corrected chi connectivity index (χ0v) is 20.6. The molecule has 7 heteroatoms. The number of hydrogen-bond acceptors (Lipinski definition) is 6. The van der Waals surface area contributed by atoms with Crippen molar-refractivity contribution in [1.29, 1.82) is 0 Å². The van der Waals surface area contributed by atoms with Crippen molar-refractivity contribution in [3.05, 3.63) is 65.2 Å². The number of aliphatic hydroxyl groups is 1. The van der Waals surface area contributed by atoms with Gasteiger partial charge in [0.1, 0.15) is 17.3 Å². The van der Waals surface area contributed by atoms with E-state index in [0.29, 0.717) is 31.0 Å². The van der Waals surface area contributed by atoms with E-state index in [4.69, 9.17) is 9.47 Å². The van der Waals surface area contributed by atoms with Crippen LogP contribution in [0.25, 0.3) is 5.76 Å². The Bertz CT molecular complexity index is 1030. The summed E-state index contributed by atoms with van der Waals surface area (Å²) in [6.07, 6.45) is 0.915. The molecule has 0 radical (unpaired) electrons. The number of benzene rings is 2. The number of aliphatic hydroxyl groups excluding tert-OH is 1. The molecule has 0 spiro atoms. The zero-order valence-electron chi connectivity index (χ0n) is 20.6. The molecule has 1 heterocycles. The standard InChI is InChI=1S/C27H34N2O5/c1-6-17-33-21-11-7-19(8-12-21)24-23(26(31)27(32)29(24)16-15-28(4)5)25(30)20-9-13-22(14-10-20)34-18(2)3/h7-14,18,24,30H,6,15-17H2,1-5H3. The fourth-order valence-electron chi connectivity index (χ4n) is 3.85. The van der Waals surface area contributed by atoms with Crippen molar-refractivity contribution in [2.24, 2.45) is 0 Å². The summed E-state index contributed by atoms with van der Waals surface area (Å²) in [5.74, 6) is -0.110. The molecule has 0 aromatic heterocycles. The first-order valence-corrected chi connectivity index (χ1v) is 11.7. The predicted octanol–water partition coefficient (Wildman–Crippen LogP) is 4.25. The molecule has 34 heavy (non-hydrogen) atoms. The first-order chi connectivity index (χ1) is 16.2. The number of carbonyl (C=O) groups excluding carboxylic acids is 2. The molecule has 7 nitrogen and oxygen atoms in total. The first kappa shape index (κ1) is 25.3. The molecule has 1 aliphatic rings. The van der Waals surface area contributed by atoms with Gasteiger partial charge < -0.3 is 24.4 Å². The molecule has 1 N–H and O–H groups in total. The lowest BCUT2D eigenvalue weighted by Gasteiger charge is -2.26. The lowest BCUT2D eigenvalue weighted by Crippen LogP contribution is -2.35. The number of rotatable bonds is 10. The third kappa shape index (κ3) is 5.78. The molecule has 1 unspecified atom stereocenters. The highest BCUT2D eigenvalue weighted by atomic mass is 16.5. The molecule has 1 amide bonds. The first-order valence-electron chi connectivity index (χ1n) is 11.7.